The normalized spacial score (nSPS) is 48.3. The zero-order chi connectivity index (χ0) is 10.2. The SMILES string of the molecule is C[C@]12CCC[C@](O)(C[C@@H](C=O)CC1)O2. The minimum Gasteiger partial charge on any atom is -0.365 e. The molecule has 2 heterocycles. The van der Waals surface area contributed by atoms with Crippen LogP contribution < -0.4 is 0 Å². The van der Waals surface area contributed by atoms with Gasteiger partial charge in [0.05, 0.1) is 5.60 Å². The lowest BCUT2D eigenvalue weighted by Crippen LogP contribution is -2.45. The molecule has 3 atom stereocenters. The van der Waals surface area contributed by atoms with Gasteiger partial charge in [-0.05, 0) is 32.6 Å². The molecule has 2 fully saturated rings. The quantitative estimate of drug-likeness (QED) is 0.651. The van der Waals surface area contributed by atoms with E-state index in [0.29, 0.717) is 12.8 Å². The van der Waals surface area contributed by atoms with Crippen LogP contribution in [0.25, 0.3) is 0 Å². The molecule has 14 heavy (non-hydrogen) atoms. The second kappa shape index (κ2) is 3.31. The lowest BCUT2D eigenvalue weighted by molar-refractivity contribution is -0.285. The monoisotopic (exact) mass is 198 g/mol. The number of hydrogen-bond donors (Lipinski definition) is 1. The van der Waals surface area contributed by atoms with E-state index in [-0.39, 0.29) is 11.5 Å². The van der Waals surface area contributed by atoms with Gasteiger partial charge in [0.1, 0.15) is 6.29 Å². The highest BCUT2D eigenvalue weighted by molar-refractivity contribution is 5.53. The predicted molar refractivity (Wildman–Crippen MR) is 51.7 cm³/mol. The van der Waals surface area contributed by atoms with Crippen LogP contribution in [-0.4, -0.2) is 22.8 Å². The fourth-order valence-corrected chi connectivity index (χ4v) is 2.74. The Kier molecular flexibility index (Phi) is 2.40. The van der Waals surface area contributed by atoms with Gasteiger partial charge >= 0.3 is 0 Å². The zero-order valence-electron chi connectivity index (χ0n) is 8.66. The van der Waals surface area contributed by atoms with Gasteiger partial charge in [-0.2, -0.15) is 0 Å². The van der Waals surface area contributed by atoms with E-state index in [0.717, 1.165) is 32.0 Å². The molecule has 0 amide bonds. The molecule has 2 rings (SSSR count). The van der Waals surface area contributed by atoms with Crippen LogP contribution in [0.3, 0.4) is 0 Å². The summed E-state index contributed by atoms with van der Waals surface area (Å²) in [5.41, 5.74) is -0.204. The van der Waals surface area contributed by atoms with Gasteiger partial charge in [-0.1, -0.05) is 0 Å². The Bertz CT molecular complexity index is 241. The molecule has 0 aromatic carbocycles. The first-order valence-electron chi connectivity index (χ1n) is 5.43. The van der Waals surface area contributed by atoms with Crippen molar-refractivity contribution in [3.63, 3.8) is 0 Å². The summed E-state index contributed by atoms with van der Waals surface area (Å²) >= 11 is 0. The van der Waals surface area contributed by atoms with Crippen molar-refractivity contribution in [1.29, 1.82) is 0 Å². The van der Waals surface area contributed by atoms with Gasteiger partial charge in [-0.15, -0.1) is 0 Å². The van der Waals surface area contributed by atoms with E-state index in [1.165, 1.54) is 0 Å². The Morgan fingerprint density at radius 3 is 2.93 bits per heavy atom. The summed E-state index contributed by atoms with van der Waals surface area (Å²) in [6.07, 6.45) is 5.85. The van der Waals surface area contributed by atoms with Crippen LogP contribution in [0, 0.1) is 5.92 Å². The first-order valence-corrected chi connectivity index (χ1v) is 5.43. The van der Waals surface area contributed by atoms with E-state index in [4.69, 9.17) is 4.74 Å². The van der Waals surface area contributed by atoms with E-state index in [1.807, 2.05) is 6.92 Å². The molecule has 3 heteroatoms. The summed E-state index contributed by atoms with van der Waals surface area (Å²) in [5.74, 6) is -1.06. The van der Waals surface area contributed by atoms with Crippen molar-refractivity contribution >= 4 is 6.29 Å². The molecule has 0 aromatic heterocycles. The maximum absolute atomic E-state index is 10.8. The molecule has 0 unspecified atom stereocenters. The molecule has 0 aromatic rings. The number of rotatable bonds is 1. The Balaban J connectivity index is 2.20. The van der Waals surface area contributed by atoms with Gasteiger partial charge < -0.3 is 14.6 Å². The van der Waals surface area contributed by atoms with Crippen molar-refractivity contribution in [2.24, 2.45) is 5.92 Å². The third-order valence-corrected chi connectivity index (χ3v) is 3.53. The number of carbonyl (C=O) groups is 1. The minimum absolute atomic E-state index is 0.0278. The first-order chi connectivity index (χ1) is 6.55. The lowest BCUT2D eigenvalue weighted by Gasteiger charge is -2.42. The third kappa shape index (κ3) is 1.84. The molecular weight excluding hydrogens is 180 g/mol. The molecule has 0 saturated carbocycles. The third-order valence-electron chi connectivity index (χ3n) is 3.53. The van der Waals surface area contributed by atoms with Crippen molar-refractivity contribution in [1.82, 2.24) is 0 Å². The van der Waals surface area contributed by atoms with Crippen LogP contribution in [0.4, 0.5) is 0 Å². The smallest absolute Gasteiger partial charge is 0.166 e. The van der Waals surface area contributed by atoms with E-state index in [2.05, 4.69) is 0 Å². The van der Waals surface area contributed by atoms with Crippen molar-refractivity contribution in [3.8, 4) is 0 Å². The van der Waals surface area contributed by atoms with E-state index in [9.17, 15) is 9.90 Å². The molecule has 80 valence electrons. The van der Waals surface area contributed by atoms with Crippen LogP contribution >= 0.6 is 0 Å². The molecule has 2 aliphatic heterocycles. The van der Waals surface area contributed by atoms with E-state index >= 15 is 0 Å². The number of hydrogen-bond acceptors (Lipinski definition) is 3. The number of carbonyl (C=O) groups excluding carboxylic acids is 1. The van der Waals surface area contributed by atoms with Crippen LogP contribution in [0.15, 0.2) is 0 Å². The molecule has 3 nitrogen and oxygen atoms in total. The van der Waals surface area contributed by atoms with Crippen molar-refractivity contribution in [2.75, 3.05) is 0 Å². The Morgan fingerprint density at radius 1 is 1.43 bits per heavy atom. The minimum atomic E-state index is -1.03. The highest BCUT2D eigenvalue weighted by atomic mass is 16.6. The van der Waals surface area contributed by atoms with Gasteiger partial charge in [0.15, 0.2) is 5.79 Å². The van der Waals surface area contributed by atoms with Gasteiger partial charge in [0.25, 0.3) is 0 Å². The number of aldehydes is 1. The summed E-state index contributed by atoms with van der Waals surface area (Å²) in [6.45, 7) is 2.05. The van der Waals surface area contributed by atoms with Crippen molar-refractivity contribution < 1.29 is 14.6 Å². The largest absolute Gasteiger partial charge is 0.365 e. The van der Waals surface area contributed by atoms with E-state index < -0.39 is 5.79 Å². The molecule has 0 spiro atoms. The first kappa shape index (κ1) is 10.1. The zero-order valence-corrected chi connectivity index (χ0v) is 8.66. The Hall–Kier alpha value is -0.410. The fourth-order valence-electron chi connectivity index (χ4n) is 2.74. The lowest BCUT2D eigenvalue weighted by atomic mass is 9.90. The average Bonchev–Trinajstić information content (AvgIpc) is 2.19. The molecule has 2 aliphatic rings. The summed E-state index contributed by atoms with van der Waals surface area (Å²) < 4.78 is 5.75. The Morgan fingerprint density at radius 2 is 2.21 bits per heavy atom. The van der Waals surface area contributed by atoms with Crippen molar-refractivity contribution in [2.45, 2.75) is 56.8 Å². The number of fused-ring (bicyclic) bond motifs is 2. The molecule has 0 aliphatic carbocycles. The molecule has 2 saturated heterocycles. The Labute approximate surface area is 84.4 Å². The maximum atomic E-state index is 10.8. The van der Waals surface area contributed by atoms with Gasteiger partial charge in [-0.3, -0.25) is 0 Å². The summed E-state index contributed by atoms with van der Waals surface area (Å²) in [5, 5.41) is 10.2. The fraction of sp³-hybridized carbons (Fsp3) is 0.909. The summed E-state index contributed by atoms with van der Waals surface area (Å²) in [6, 6.07) is 0. The van der Waals surface area contributed by atoms with Crippen LogP contribution in [0.2, 0.25) is 0 Å². The topological polar surface area (TPSA) is 46.5 Å². The number of ether oxygens (including phenoxy) is 1. The molecule has 0 radical (unpaired) electrons. The van der Waals surface area contributed by atoms with Gasteiger partial charge in [0.2, 0.25) is 0 Å². The highest BCUT2D eigenvalue weighted by Gasteiger charge is 2.45. The van der Waals surface area contributed by atoms with Crippen molar-refractivity contribution in [3.05, 3.63) is 0 Å². The summed E-state index contributed by atoms with van der Waals surface area (Å²) in [7, 11) is 0. The molecular formula is C11H18O3. The maximum Gasteiger partial charge on any atom is 0.166 e. The standard InChI is InChI=1S/C11H18O3/c1-10-4-2-5-11(13,14-10)7-9(8-12)3-6-10/h8-9,13H,2-7H2,1H3/t9-,10-,11+/m0/s1. The average molecular weight is 198 g/mol. The van der Waals surface area contributed by atoms with E-state index in [1.54, 1.807) is 0 Å². The van der Waals surface area contributed by atoms with Crippen LogP contribution in [0.1, 0.15) is 45.4 Å². The predicted octanol–water partition coefficient (Wildman–Crippen LogP) is 1.63. The highest BCUT2D eigenvalue weighted by Crippen LogP contribution is 2.43. The molecule has 2 bridgehead atoms. The van der Waals surface area contributed by atoms with Gasteiger partial charge in [0, 0.05) is 18.8 Å². The number of aliphatic hydroxyl groups is 1. The molecule has 1 N–H and O–H groups in total. The van der Waals surface area contributed by atoms with Crippen LogP contribution in [-0.2, 0) is 9.53 Å². The second-order valence-corrected chi connectivity index (χ2v) is 4.99. The second-order valence-electron chi connectivity index (χ2n) is 4.99. The van der Waals surface area contributed by atoms with Gasteiger partial charge in [-0.25, -0.2) is 0 Å². The summed E-state index contributed by atoms with van der Waals surface area (Å²) in [4.78, 5) is 10.8. The van der Waals surface area contributed by atoms with Crippen LogP contribution in [0.5, 0.6) is 0 Å².